The van der Waals surface area contributed by atoms with E-state index in [-0.39, 0.29) is 37.5 Å². The number of benzene rings is 1. The third-order valence-electron chi connectivity index (χ3n) is 9.15. The largest absolute Gasteiger partial charge is 0.461 e. The van der Waals surface area contributed by atoms with E-state index in [1.807, 2.05) is 27.7 Å². The summed E-state index contributed by atoms with van der Waals surface area (Å²) in [4.78, 5) is 45.6. The van der Waals surface area contributed by atoms with Crippen LogP contribution in [0.1, 0.15) is 40.5 Å². The molecule has 1 N–H and O–H groups in total. The molecule has 3 unspecified atom stereocenters. The van der Waals surface area contributed by atoms with E-state index >= 15 is 0 Å². The van der Waals surface area contributed by atoms with Crippen LogP contribution in [0.2, 0.25) is 5.02 Å². The molecule has 3 heterocycles. The van der Waals surface area contributed by atoms with Crippen molar-refractivity contribution in [2.75, 3.05) is 24.7 Å². The number of carbonyl (C=O) groups excluding carboxylic acids is 3. The summed E-state index contributed by atoms with van der Waals surface area (Å²) in [5.74, 6) is -3.40. The summed E-state index contributed by atoms with van der Waals surface area (Å²) >= 11 is 6.53. The van der Waals surface area contributed by atoms with E-state index in [9.17, 15) is 19.5 Å². The number of halogens is 1. The predicted octanol–water partition coefficient (Wildman–Crippen LogP) is 4.01. The highest BCUT2D eigenvalue weighted by Crippen LogP contribution is 2.66. The molecule has 2 bridgehead atoms. The SMILES string of the molecule is C=CCOC(=O)[C@H]1[C@H]2C(=O)N([C@@H](CO)[C@@H](C)CC)C(C(=O)N(CC=C)c3ccccc3Cl)C23CC(C)[C@]1(C)O3. The number of esters is 1. The minimum atomic E-state index is -1.28. The first-order chi connectivity index (χ1) is 18.5. The van der Waals surface area contributed by atoms with Crippen molar-refractivity contribution in [2.24, 2.45) is 23.7 Å². The van der Waals surface area contributed by atoms with Gasteiger partial charge in [0.15, 0.2) is 0 Å². The van der Waals surface area contributed by atoms with Crippen molar-refractivity contribution < 1.29 is 29.0 Å². The number of para-hydroxylation sites is 1. The van der Waals surface area contributed by atoms with Gasteiger partial charge in [-0.15, -0.1) is 6.58 Å². The van der Waals surface area contributed by atoms with Crippen LogP contribution in [0.3, 0.4) is 0 Å². The zero-order valence-corrected chi connectivity index (χ0v) is 23.9. The molecule has 1 aromatic carbocycles. The highest BCUT2D eigenvalue weighted by Gasteiger charge is 2.81. The number of hydrogen-bond donors (Lipinski definition) is 1. The Bertz CT molecular complexity index is 1160. The Kier molecular flexibility index (Phi) is 8.31. The lowest BCUT2D eigenvalue weighted by Crippen LogP contribution is -2.60. The van der Waals surface area contributed by atoms with Crippen molar-refractivity contribution in [2.45, 2.75) is 63.8 Å². The van der Waals surface area contributed by atoms with E-state index in [2.05, 4.69) is 13.2 Å². The molecular weight excluding hydrogens is 520 g/mol. The van der Waals surface area contributed by atoms with Crippen molar-refractivity contribution in [3.63, 3.8) is 0 Å². The second-order valence-corrected chi connectivity index (χ2v) is 11.6. The van der Waals surface area contributed by atoms with Crippen LogP contribution < -0.4 is 4.90 Å². The summed E-state index contributed by atoms with van der Waals surface area (Å²) < 4.78 is 12.2. The highest BCUT2D eigenvalue weighted by atomic mass is 35.5. The van der Waals surface area contributed by atoms with Crippen LogP contribution in [0, 0.1) is 23.7 Å². The molecule has 9 heteroatoms. The van der Waals surface area contributed by atoms with Gasteiger partial charge in [-0.3, -0.25) is 14.4 Å². The Hall–Kier alpha value is -2.68. The molecule has 2 amide bonds. The second kappa shape index (κ2) is 11.1. The third-order valence-corrected chi connectivity index (χ3v) is 9.47. The lowest BCUT2D eigenvalue weighted by molar-refractivity contribution is -0.162. The fraction of sp³-hybridized carbons (Fsp3) is 0.567. The summed E-state index contributed by atoms with van der Waals surface area (Å²) in [7, 11) is 0. The van der Waals surface area contributed by atoms with E-state index in [0.29, 0.717) is 23.6 Å². The van der Waals surface area contributed by atoms with Crippen molar-refractivity contribution in [1.82, 2.24) is 4.90 Å². The number of aliphatic hydroxyl groups is 1. The van der Waals surface area contributed by atoms with E-state index in [1.54, 1.807) is 30.3 Å². The average Bonchev–Trinajstić information content (AvgIpc) is 3.43. The van der Waals surface area contributed by atoms with Crippen LogP contribution in [-0.4, -0.2) is 70.8 Å². The van der Waals surface area contributed by atoms with Crippen LogP contribution in [0.25, 0.3) is 0 Å². The fourth-order valence-electron chi connectivity index (χ4n) is 6.97. The first kappa shape index (κ1) is 29.3. The highest BCUT2D eigenvalue weighted by molar-refractivity contribution is 6.34. The molecule has 0 aromatic heterocycles. The van der Waals surface area contributed by atoms with Gasteiger partial charge < -0.3 is 24.4 Å². The van der Waals surface area contributed by atoms with Gasteiger partial charge in [0.05, 0.1) is 34.9 Å². The van der Waals surface area contributed by atoms with Gasteiger partial charge in [-0.1, -0.05) is 69.7 Å². The Morgan fingerprint density at radius 1 is 1.33 bits per heavy atom. The maximum atomic E-state index is 14.7. The molecule has 3 fully saturated rings. The van der Waals surface area contributed by atoms with Crippen LogP contribution in [0.5, 0.6) is 0 Å². The van der Waals surface area contributed by atoms with Crippen LogP contribution in [0.15, 0.2) is 49.6 Å². The van der Waals surface area contributed by atoms with Gasteiger partial charge in [0, 0.05) is 6.54 Å². The smallest absolute Gasteiger partial charge is 0.313 e. The number of anilines is 1. The zero-order chi connectivity index (χ0) is 28.7. The number of rotatable bonds is 11. The van der Waals surface area contributed by atoms with Crippen molar-refractivity contribution in [3.05, 3.63) is 54.6 Å². The summed E-state index contributed by atoms with van der Waals surface area (Å²) in [6, 6.07) is 5.26. The van der Waals surface area contributed by atoms with Crippen LogP contribution in [-0.2, 0) is 23.9 Å². The average molecular weight is 559 g/mol. The maximum absolute atomic E-state index is 14.7. The van der Waals surface area contributed by atoms with E-state index in [0.717, 1.165) is 0 Å². The molecule has 1 aromatic rings. The topological polar surface area (TPSA) is 96.4 Å². The Morgan fingerprint density at radius 3 is 2.62 bits per heavy atom. The van der Waals surface area contributed by atoms with Crippen molar-refractivity contribution in [3.8, 4) is 0 Å². The molecule has 8 atom stereocenters. The number of aliphatic hydroxyl groups excluding tert-OH is 1. The molecule has 0 aliphatic carbocycles. The Balaban J connectivity index is 1.90. The van der Waals surface area contributed by atoms with Gasteiger partial charge in [-0.25, -0.2) is 0 Å². The standard InChI is InChI=1S/C30H39ClN2O6/c1-7-14-32(21-13-11-10-12-20(21)31)27(36)25-30-16-19(5)29(6,39-30)24(28(37)38-15-8-2)23(30)26(35)33(25)22(17-34)18(4)9-3/h7-8,10-13,18-19,22-25,34H,1-2,9,14-17H2,3-6H3/t18-,19?,22-,23-,24+,25?,29-,30?/m0/s1. The van der Waals surface area contributed by atoms with E-state index in [4.69, 9.17) is 21.1 Å². The van der Waals surface area contributed by atoms with Gasteiger partial charge in [-0.05, 0) is 37.3 Å². The number of ether oxygens (including phenoxy) is 2. The number of nitrogens with zero attached hydrogens (tertiary/aromatic N) is 2. The maximum Gasteiger partial charge on any atom is 0.313 e. The molecule has 4 rings (SSSR count). The minimum Gasteiger partial charge on any atom is -0.461 e. The van der Waals surface area contributed by atoms with E-state index < -0.39 is 47.0 Å². The lowest BCUT2D eigenvalue weighted by Gasteiger charge is -2.41. The van der Waals surface area contributed by atoms with Crippen molar-refractivity contribution in [1.29, 1.82) is 0 Å². The number of likely N-dealkylation sites (tertiary alicyclic amines) is 1. The number of carbonyl (C=O) groups is 3. The van der Waals surface area contributed by atoms with E-state index in [1.165, 1.54) is 15.9 Å². The van der Waals surface area contributed by atoms with Gasteiger partial charge in [0.2, 0.25) is 5.91 Å². The lowest BCUT2D eigenvalue weighted by atomic mass is 9.62. The van der Waals surface area contributed by atoms with Gasteiger partial charge in [-0.2, -0.15) is 0 Å². The van der Waals surface area contributed by atoms with Crippen LogP contribution in [0.4, 0.5) is 5.69 Å². The van der Waals surface area contributed by atoms with Crippen LogP contribution >= 0.6 is 11.6 Å². The molecule has 212 valence electrons. The number of amides is 2. The van der Waals surface area contributed by atoms with Crippen molar-refractivity contribution >= 4 is 35.1 Å². The molecule has 3 aliphatic heterocycles. The molecular formula is C30H39ClN2O6. The van der Waals surface area contributed by atoms with Gasteiger partial charge >= 0.3 is 5.97 Å². The minimum absolute atomic E-state index is 0.00549. The first-order valence-corrected chi connectivity index (χ1v) is 14.0. The number of hydrogen-bond acceptors (Lipinski definition) is 6. The summed E-state index contributed by atoms with van der Waals surface area (Å²) in [5, 5.41) is 10.9. The zero-order valence-electron chi connectivity index (χ0n) is 23.1. The fourth-order valence-corrected chi connectivity index (χ4v) is 7.21. The Labute approximate surface area is 235 Å². The molecule has 3 aliphatic rings. The quantitative estimate of drug-likeness (QED) is 0.326. The van der Waals surface area contributed by atoms with Gasteiger partial charge in [0.1, 0.15) is 24.2 Å². The summed E-state index contributed by atoms with van der Waals surface area (Å²) in [5.41, 5.74) is -1.79. The predicted molar refractivity (Wildman–Crippen MR) is 149 cm³/mol. The monoisotopic (exact) mass is 558 g/mol. The second-order valence-electron chi connectivity index (χ2n) is 11.2. The molecule has 1 spiro atoms. The summed E-state index contributed by atoms with van der Waals surface area (Å²) in [6.45, 7) is 15.0. The Morgan fingerprint density at radius 2 is 2.03 bits per heavy atom. The molecule has 8 nitrogen and oxygen atoms in total. The molecule has 0 saturated carbocycles. The summed E-state index contributed by atoms with van der Waals surface area (Å²) in [6.07, 6.45) is 4.15. The molecule has 3 saturated heterocycles. The number of fused-ring (bicyclic) bond motifs is 1. The molecule has 39 heavy (non-hydrogen) atoms. The van der Waals surface area contributed by atoms with Gasteiger partial charge in [0.25, 0.3) is 5.91 Å². The third kappa shape index (κ3) is 4.41. The molecule has 0 radical (unpaired) electrons. The first-order valence-electron chi connectivity index (χ1n) is 13.6. The normalized spacial score (nSPS) is 32.5.